The summed E-state index contributed by atoms with van der Waals surface area (Å²) < 4.78 is 5.95. The minimum absolute atomic E-state index is 0.189. The molecule has 27 heavy (non-hydrogen) atoms. The van der Waals surface area contributed by atoms with E-state index in [1.165, 1.54) is 18.4 Å². The fourth-order valence-electron chi connectivity index (χ4n) is 4.15. The lowest BCUT2D eigenvalue weighted by atomic mass is 9.92. The molecule has 4 nitrogen and oxygen atoms in total. The number of rotatable bonds is 6. The van der Waals surface area contributed by atoms with Gasteiger partial charge >= 0.3 is 0 Å². The van der Waals surface area contributed by atoms with Gasteiger partial charge in [-0.2, -0.15) is 0 Å². The minimum Gasteiger partial charge on any atom is -0.457 e. The summed E-state index contributed by atoms with van der Waals surface area (Å²) in [5, 5.41) is 3.19. The highest BCUT2D eigenvalue weighted by Gasteiger charge is 2.55. The number of piperidine rings is 1. The van der Waals surface area contributed by atoms with Crippen molar-refractivity contribution >= 4 is 5.91 Å². The first-order valence-electron chi connectivity index (χ1n) is 10.0. The molecule has 1 atom stereocenters. The smallest absolute Gasteiger partial charge is 0.219 e. The average molecular weight is 364 g/mol. The molecule has 2 aliphatic rings. The van der Waals surface area contributed by atoms with Crippen molar-refractivity contribution in [2.75, 3.05) is 13.1 Å². The number of hydrogen-bond acceptors (Lipinski definition) is 3. The molecule has 1 saturated carbocycles. The van der Waals surface area contributed by atoms with Crippen LogP contribution in [0.1, 0.15) is 38.2 Å². The second-order valence-electron chi connectivity index (χ2n) is 7.88. The first kappa shape index (κ1) is 18.1. The summed E-state index contributed by atoms with van der Waals surface area (Å²) in [5.74, 6) is 1.94. The van der Waals surface area contributed by atoms with Gasteiger partial charge in [0.25, 0.3) is 0 Å². The van der Waals surface area contributed by atoms with Gasteiger partial charge in [-0.05, 0) is 67.6 Å². The molecule has 4 heteroatoms. The quantitative estimate of drug-likeness (QED) is 0.828. The van der Waals surface area contributed by atoms with E-state index < -0.39 is 0 Å². The van der Waals surface area contributed by atoms with Crippen molar-refractivity contribution in [2.24, 2.45) is 5.41 Å². The molecule has 1 saturated heterocycles. The van der Waals surface area contributed by atoms with Crippen LogP contribution in [0.4, 0.5) is 0 Å². The third kappa shape index (κ3) is 4.33. The van der Waals surface area contributed by atoms with Crippen molar-refractivity contribution in [1.82, 2.24) is 10.2 Å². The zero-order valence-corrected chi connectivity index (χ0v) is 16.0. The summed E-state index contributed by atoms with van der Waals surface area (Å²) in [4.78, 5) is 14.1. The van der Waals surface area contributed by atoms with Gasteiger partial charge in [-0.1, -0.05) is 37.3 Å². The molecule has 142 valence electrons. The lowest BCUT2D eigenvalue weighted by Crippen LogP contribution is -2.38. The Kier molecular flexibility index (Phi) is 5.17. The first-order chi connectivity index (χ1) is 13.2. The summed E-state index contributed by atoms with van der Waals surface area (Å²) >= 11 is 0. The van der Waals surface area contributed by atoms with Crippen molar-refractivity contribution in [3.8, 4) is 11.5 Å². The predicted molar refractivity (Wildman–Crippen MR) is 107 cm³/mol. The van der Waals surface area contributed by atoms with E-state index in [1.807, 2.05) is 43.3 Å². The van der Waals surface area contributed by atoms with Gasteiger partial charge in [-0.3, -0.25) is 9.69 Å². The number of likely N-dealkylation sites (tertiary alicyclic amines) is 1. The molecule has 1 unspecified atom stereocenters. The van der Waals surface area contributed by atoms with Crippen molar-refractivity contribution < 1.29 is 9.53 Å². The van der Waals surface area contributed by atoms with Gasteiger partial charge in [0.2, 0.25) is 5.91 Å². The summed E-state index contributed by atoms with van der Waals surface area (Å²) in [6.07, 6.45) is 4.11. The molecule has 0 radical (unpaired) electrons. The molecule has 0 bridgehead atoms. The number of para-hydroxylation sites is 1. The molecule has 2 fully saturated rings. The summed E-state index contributed by atoms with van der Waals surface area (Å²) in [5.41, 5.74) is 1.66. The van der Waals surface area contributed by atoms with Crippen LogP contribution < -0.4 is 10.1 Å². The zero-order chi connectivity index (χ0) is 18.7. The minimum atomic E-state index is 0.189. The number of carbonyl (C=O) groups is 1. The van der Waals surface area contributed by atoms with Gasteiger partial charge in [0.1, 0.15) is 11.5 Å². The maximum absolute atomic E-state index is 11.6. The zero-order valence-electron chi connectivity index (χ0n) is 16.0. The highest BCUT2D eigenvalue weighted by Crippen LogP contribution is 2.54. The average Bonchev–Trinajstić information content (AvgIpc) is 3.36. The van der Waals surface area contributed by atoms with E-state index in [2.05, 4.69) is 28.4 Å². The third-order valence-electron chi connectivity index (χ3n) is 5.98. The van der Waals surface area contributed by atoms with Crippen LogP contribution >= 0.6 is 0 Å². The Morgan fingerprint density at radius 1 is 1.11 bits per heavy atom. The second-order valence-corrected chi connectivity index (χ2v) is 7.88. The standard InChI is InChI=1S/C23H28N2O2/c1-2-22(26)24-21-16-23(21)11-13-25(14-12-23)17-18-7-6-10-20(15-18)27-19-8-4-3-5-9-19/h3-10,15,21H,2,11-14,16-17H2,1H3,(H,24,26). The van der Waals surface area contributed by atoms with Crippen LogP contribution in [-0.4, -0.2) is 29.9 Å². The Morgan fingerprint density at radius 3 is 2.59 bits per heavy atom. The molecule has 1 aliphatic heterocycles. The van der Waals surface area contributed by atoms with Crippen LogP contribution in [0.3, 0.4) is 0 Å². The first-order valence-corrected chi connectivity index (χ1v) is 10.0. The van der Waals surface area contributed by atoms with Crippen LogP contribution in [0, 0.1) is 5.41 Å². The number of ether oxygens (including phenoxy) is 1. The maximum Gasteiger partial charge on any atom is 0.219 e. The fourth-order valence-corrected chi connectivity index (χ4v) is 4.15. The van der Waals surface area contributed by atoms with Gasteiger partial charge in [-0.25, -0.2) is 0 Å². The van der Waals surface area contributed by atoms with E-state index in [0.717, 1.165) is 37.6 Å². The SMILES string of the molecule is CCC(=O)NC1CC12CCN(Cc1cccc(Oc3ccccc3)c1)CC2. The molecule has 1 aliphatic carbocycles. The van der Waals surface area contributed by atoms with Crippen molar-refractivity contribution in [3.05, 3.63) is 60.2 Å². The van der Waals surface area contributed by atoms with Gasteiger partial charge in [0.05, 0.1) is 0 Å². The van der Waals surface area contributed by atoms with Gasteiger partial charge in [0.15, 0.2) is 0 Å². The lowest BCUT2D eigenvalue weighted by Gasteiger charge is -2.33. The Balaban J connectivity index is 1.30. The molecule has 2 aromatic carbocycles. The number of nitrogens with zero attached hydrogens (tertiary/aromatic N) is 1. The number of carbonyl (C=O) groups excluding carboxylic acids is 1. The van der Waals surface area contributed by atoms with Gasteiger partial charge in [0, 0.05) is 19.0 Å². The molecular formula is C23H28N2O2. The normalized spacial score (nSPS) is 21.0. The molecular weight excluding hydrogens is 336 g/mol. The molecule has 0 aromatic heterocycles. The van der Waals surface area contributed by atoms with Crippen LogP contribution in [0.25, 0.3) is 0 Å². The Labute approximate surface area is 161 Å². The Bertz CT molecular complexity index is 782. The van der Waals surface area contributed by atoms with E-state index in [1.54, 1.807) is 0 Å². The number of benzene rings is 2. The van der Waals surface area contributed by atoms with Crippen molar-refractivity contribution in [2.45, 2.75) is 45.2 Å². The summed E-state index contributed by atoms with van der Waals surface area (Å²) in [7, 11) is 0. The number of amides is 1. The van der Waals surface area contributed by atoms with E-state index in [-0.39, 0.29) is 5.91 Å². The van der Waals surface area contributed by atoms with Gasteiger partial charge in [-0.15, -0.1) is 0 Å². The summed E-state index contributed by atoms with van der Waals surface area (Å²) in [6.45, 7) is 5.07. The van der Waals surface area contributed by atoms with E-state index in [4.69, 9.17) is 4.74 Å². The topological polar surface area (TPSA) is 41.6 Å². The molecule has 1 amide bonds. The van der Waals surface area contributed by atoms with E-state index >= 15 is 0 Å². The molecule has 4 rings (SSSR count). The predicted octanol–water partition coefficient (Wildman–Crippen LogP) is 4.36. The largest absolute Gasteiger partial charge is 0.457 e. The fraction of sp³-hybridized carbons (Fsp3) is 0.435. The van der Waals surface area contributed by atoms with Crippen LogP contribution in [0.2, 0.25) is 0 Å². The highest BCUT2D eigenvalue weighted by atomic mass is 16.5. The van der Waals surface area contributed by atoms with E-state index in [9.17, 15) is 4.79 Å². The third-order valence-corrected chi connectivity index (χ3v) is 5.98. The molecule has 1 heterocycles. The number of nitrogens with one attached hydrogen (secondary N) is 1. The Morgan fingerprint density at radius 2 is 1.85 bits per heavy atom. The molecule has 2 aromatic rings. The van der Waals surface area contributed by atoms with Crippen LogP contribution in [-0.2, 0) is 11.3 Å². The lowest BCUT2D eigenvalue weighted by molar-refractivity contribution is -0.121. The monoisotopic (exact) mass is 364 g/mol. The highest BCUT2D eigenvalue weighted by molar-refractivity contribution is 5.76. The second kappa shape index (κ2) is 7.73. The molecule has 1 spiro atoms. The van der Waals surface area contributed by atoms with Crippen molar-refractivity contribution in [1.29, 1.82) is 0 Å². The summed E-state index contributed by atoms with van der Waals surface area (Å²) in [6, 6.07) is 18.7. The number of hydrogen-bond donors (Lipinski definition) is 1. The van der Waals surface area contributed by atoms with Crippen LogP contribution in [0.5, 0.6) is 11.5 Å². The molecule has 1 N–H and O–H groups in total. The van der Waals surface area contributed by atoms with Crippen molar-refractivity contribution in [3.63, 3.8) is 0 Å². The van der Waals surface area contributed by atoms with Crippen LogP contribution in [0.15, 0.2) is 54.6 Å². The van der Waals surface area contributed by atoms with Gasteiger partial charge < -0.3 is 10.1 Å². The van der Waals surface area contributed by atoms with E-state index in [0.29, 0.717) is 17.9 Å². The Hall–Kier alpha value is -2.33. The maximum atomic E-state index is 11.6.